The van der Waals surface area contributed by atoms with Crippen molar-refractivity contribution in [2.24, 2.45) is 16.7 Å². The summed E-state index contributed by atoms with van der Waals surface area (Å²) in [5.41, 5.74) is 8.67. The Labute approximate surface area is 151 Å². The number of hydrogen-bond donors (Lipinski definition) is 3. The number of aromatic nitrogens is 1. The van der Waals surface area contributed by atoms with Crippen molar-refractivity contribution in [3.05, 3.63) is 59.4 Å². The third kappa shape index (κ3) is 6.54. The molecule has 0 saturated carbocycles. The van der Waals surface area contributed by atoms with Crippen molar-refractivity contribution >= 4 is 23.6 Å². The summed E-state index contributed by atoms with van der Waals surface area (Å²) in [5, 5.41) is 5.45. The summed E-state index contributed by atoms with van der Waals surface area (Å²) in [7, 11) is 0. The highest BCUT2D eigenvalue weighted by Gasteiger charge is 2.04. The van der Waals surface area contributed by atoms with E-state index in [1.807, 2.05) is 43.3 Å². The lowest BCUT2D eigenvalue weighted by molar-refractivity contribution is -0.115. The number of amidine groups is 1. The molecule has 0 fully saturated rings. The van der Waals surface area contributed by atoms with Crippen LogP contribution in [-0.2, 0) is 11.3 Å². The Hall–Kier alpha value is -2.42. The summed E-state index contributed by atoms with van der Waals surface area (Å²) in [6.07, 6.45) is 1.78. The third-order valence-corrected chi connectivity index (χ3v) is 3.99. The number of ketones is 1. The summed E-state index contributed by atoms with van der Waals surface area (Å²) >= 11 is 1.39. The van der Waals surface area contributed by atoms with E-state index >= 15 is 0 Å². The average Bonchev–Trinajstić information content (AvgIpc) is 2.57. The second-order valence-electron chi connectivity index (χ2n) is 5.56. The normalized spacial score (nSPS) is 11.4. The van der Waals surface area contributed by atoms with E-state index in [9.17, 15) is 4.79 Å². The first-order valence-corrected chi connectivity index (χ1v) is 8.53. The molecule has 0 amide bonds. The molecule has 0 bridgehead atoms. The maximum absolute atomic E-state index is 10.9. The molecule has 2 aromatic rings. The predicted molar refractivity (Wildman–Crippen MR) is 100 cm³/mol. The van der Waals surface area contributed by atoms with Crippen molar-refractivity contribution in [1.29, 1.82) is 0 Å². The molecule has 0 aliphatic heterocycles. The Morgan fingerprint density at radius 3 is 2.60 bits per heavy atom. The Kier molecular flexibility index (Phi) is 6.93. The van der Waals surface area contributed by atoms with E-state index in [-0.39, 0.29) is 5.78 Å². The smallest absolute Gasteiger partial charge is 0.152 e. The quantitative estimate of drug-likeness (QED) is 0.216. The highest BCUT2D eigenvalue weighted by molar-refractivity contribution is 7.97. The lowest BCUT2D eigenvalue weighted by atomic mass is 10.2. The largest absolute Gasteiger partial charge is 0.382 e. The van der Waals surface area contributed by atoms with Gasteiger partial charge in [0.1, 0.15) is 5.78 Å². The minimum Gasteiger partial charge on any atom is -0.382 e. The van der Waals surface area contributed by atoms with Crippen molar-refractivity contribution < 1.29 is 4.79 Å². The van der Waals surface area contributed by atoms with Gasteiger partial charge < -0.3 is 5.73 Å². The van der Waals surface area contributed by atoms with Gasteiger partial charge in [-0.15, -0.1) is 5.10 Å². The lowest BCUT2D eigenvalue weighted by Crippen LogP contribution is -2.29. The van der Waals surface area contributed by atoms with E-state index in [0.29, 0.717) is 18.9 Å². The van der Waals surface area contributed by atoms with Crippen LogP contribution in [0.4, 0.5) is 0 Å². The first-order valence-electron chi connectivity index (χ1n) is 7.71. The zero-order chi connectivity index (χ0) is 18.2. The minimum atomic E-state index is 0.0894. The third-order valence-electron chi connectivity index (χ3n) is 3.19. The number of nitrogens with zero attached hydrogens (tertiary/aromatic N) is 3. The van der Waals surface area contributed by atoms with E-state index in [1.165, 1.54) is 17.1 Å². The second kappa shape index (κ2) is 9.16. The van der Waals surface area contributed by atoms with Crippen molar-refractivity contribution in [2.75, 3.05) is 6.54 Å². The summed E-state index contributed by atoms with van der Waals surface area (Å²) in [6.45, 7) is 4.21. The molecule has 0 unspecified atom stereocenters. The molecule has 0 spiro atoms. The molecular weight excluding hydrogens is 336 g/mol. The van der Waals surface area contributed by atoms with Crippen LogP contribution in [0, 0.1) is 6.92 Å². The number of nitrogens with two attached hydrogens (primary N) is 2. The van der Waals surface area contributed by atoms with Crippen LogP contribution in [0.25, 0.3) is 0 Å². The van der Waals surface area contributed by atoms with Gasteiger partial charge in [0.05, 0.1) is 18.8 Å². The van der Waals surface area contributed by atoms with Gasteiger partial charge in [-0.1, -0.05) is 18.2 Å². The van der Waals surface area contributed by atoms with E-state index in [0.717, 1.165) is 21.7 Å². The summed E-state index contributed by atoms with van der Waals surface area (Å²) in [5.74, 6) is 6.30. The number of hydrazine groups is 1. The fourth-order valence-electron chi connectivity index (χ4n) is 1.90. The summed E-state index contributed by atoms with van der Waals surface area (Å²) in [6, 6.07) is 11.4. The minimum absolute atomic E-state index is 0.0894. The topological polar surface area (TPSA) is 110 Å². The Balaban J connectivity index is 1.93. The summed E-state index contributed by atoms with van der Waals surface area (Å²) in [4.78, 5) is 16.2. The molecule has 132 valence electrons. The molecule has 8 heteroatoms. The molecular formula is C17H22N6OS. The Bertz CT molecular complexity index is 730. The van der Waals surface area contributed by atoms with Gasteiger partial charge in [0, 0.05) is 16.7 Å². The molecule has 5 N–H and O–H groups in total. The molecule has 0 aliphatic carbocycles. The molecule has 0 aliphatic rings. The molecule has 2 rings (SSSR count). The lowest BCUT2D eigenvalue weighted by Gasteiger charge is -2.13. The molecule has 7 nitrogen and oxygen atoms in total. The van der Waals surface area contributed by atoms with Crippen LogP contribution in [0.5, 0.6) is 0 Å². The summed E-state index contributed by atoms with van der Waals surface area (Å²) < 4.78 is 2.98. The molecule has 0 radical (unpaired) electrons. The van der Waals surface area contributed by atoms with Crippen molar-refractivity contribution in [2.45, 2.75) is 25.3 Å². The predicted octanol–water partition coefficient (Wildman–Crippen LogP) is 1.57. The van der Waals surface area contributed by atoms with Crippen LogP contribution in [0.2, 0.25) is 0 Å². The number of aryl methyl sites for hydroxylation is 1. The van der Waals surface area contributed by atoms with Gasteiger partial charge in [-0.2, -0.15) is 0 Å². The van der Waals surface area contributed by atoms with E-state index in [4.69, 9.17) is 11.6 Å². The fourth-order valence-corrected chi connectivity index (χ4v) is 2.62. The maximum atomic E-state index is 10.9. The number of pyridine rings is 1. The number of benzene rings is 1. The van der Waals surface area contributed by atoms with E-state index in [2.05, 4.69) is 14.8 Å². The Morgan fingerprint density at radius 2 is 2.00 bits per heavy atom. The average molecular weight is 358 g/mol. The van der Waals surface area contributed by atoms with Gasteiger partial charge in [-0.25, -0.2) is 11.0 Å². The van der Waals surface area contributed by atoms with Crippen molar-refractivity contribution in [1.82, 2.24) is 14.8 Å². The van der Waals surface area contributed by atoms with Gasteiger partial charge in [-0.05, 0) is 49.6 Å². The van der Waals surface area contributed by atoms with Gasteiger partial charge in [0.25, 0.3) is 0 Å². The fraction of sp³-hybridized carbons (Fsp3) is 0.235. The molecule has 25 heavy (non-hydrogen) atoms. The van der Waals surface area contributed by atoms with Crippen molar-refractivity contribution in [3.63, 3.8) is 0 Å². The molecule has 1 heterocycles. The van der Waals surface area contributed by atoms with Crippen LogP contribution in [0.3, 0.4) is 0 Å². The monoisotopic (exact) mass is 358 g/mol. The van der Waals surface area contributed by atoms with Gasteiger partial charge in [0.2, 0.25) is 0 Å². The number of carbonyl (C=O) groups excluding carboxylic acids is 1. The zero-order valence-corrected chi connectivity index (χ0v) is 15.1. The highest BCUT2D eigenvalue weighted by Crippen LogP contribution is 2.15. The van der Waals surface area contributed by atoms with Gasteiger partial charge in [0.15, 0.2) is 5.84 Å². The van der Waals surface area contributed by atoms with Crippen molar-refractivity contribution in [3.8, 4) is 0 Å². The SMILES string of the molecule is CC(=O)CNSc1ccc(/C(N)=N/N(N)Cc2ccc(C)cn2)cc1. The molecule has 1 aromatic carbocycles. The van der Waals surface area contributed by atoms with Crippen LogP contribution < -0.4 is 16.3 Å². The zero-order valence-electron chi connectivity index (χ0n) is 14.3. The Morgan fingerprint density at radius 1 is 1.28 bits per heavy atom. The molecule has 0 saturated heterocycles. The molecule has 1 aromatic heterocycles. The number of hydrogen-bond acceptors (Lipinski definition) is 7. The van der Waals surface area contributed by atoms with Gasteiger partial charge >= 0.3 is 0 Å². The number of nitrogens with one attached hydrogen (secondary N) is 1. The van der Waals surface area contributed by atoms with Crippen LogP contribution in [0.15, 0.2) is 52.6 Å². The van der Waals surface area contributed by atoms with Crippen LogP contribution in [0.1, 0.15) is 23.7 Å². The highest BCUT2D eigenvalue weighted by atomic mass is 32.2. The first kappa shape index (κ1) is 18.9. The number of rotatable bonds is 8. The maximum Gasteiger partial charge on any atom is 0.152 e. The first-order chi connectivity index (χ1) is 11.9. The van der Waals surface area contributed by atoms with Crippen LogP contribution in [-0.4, -0.2) is 28.3 Å². The van der Waals surface area contributed by atoms with E-state index in [1.54, 1.807) is 13.1 Å². The molecule has 0 atom stereocenters. The second-order valence-corrected chi connectivity index (χ2v) is 6.52. The van der Waals surface area contributed by atoms with Crippen LogP contribution >= 0.6 is 11.9 Å². The van der Waals surface area contributed by atoms with Gasteiger partial charge in [-0.3, -0.25) is 14.5 Å². The number of carbonyl (C=O) groups is 1. The standard InChI is InChI=1S/C17H22N6OS/c1-12-3-6-15(20-9-12)11-23(19)22-17(18)14-4-7-16(8-5-14)25-21-10-13(2)24/h3-9,21H,10-11,19H2,1-2H3,(H2,18,22). The number of Topliss-reactive ketones (excluding diaryl/α,β-unsaturated/α-hetero) is 1. The van der Waals surface area contributed by atoms with E-state index < -0.39 is 0 Å². The number of hydrazone groups is 1.